The van der Waals surface area contributed by atoms with E-state index in [1.807, 2.05) is 7.11 Å². The minimum Gasteiger partial charge on any atom is -0.381 e. The molecular formula is C12H24N2O. The van der Waals surface area contributed by atoms with Crippen LogP contribution in [-0.2, 0) is 4.74 Å². The molecule has 0 aromatic rings. The van der Waals surface area contributed by atoms with Crippen LogP contribution in [0.5, 0.6) is 0 Å². The Hall–Kier alpha value is -0.120. The van der Waals surface area contributed by atoms with E-state index in [1.54, 1.807) is 0 Å². The van der Waals surface area contributed by atoms with Crippen molar-refractivity contribution in [1.82, 2.24) is 10.6 Å². The van der Waals surface area contributed by atoms with Gasteiger partial charge >= 0.3 is 0 Å². The summed E-state index contributed by atoms with van der Waals surface area (Å²) in [5, 5.41) is 7.03. The first-order valence-corrected chi connectivity index (χ1v) is 6.35. The molecule has 1 aliphatic heterocycles. The molecular weight excluding hydrogens is 188 g/mol. The van der Waals surface area contributed by atoms with Gasteiger partial charge in [-0.1, -0.05) is 0 Å². The number of hydrogen-bond acceptors (Lipinski definition) is 3. The van der Waals surface area contributed by atoms with Crippen molar-refractivity contribution in [1.29, 1.82) is 0 Å². The van der Waals surface area contributed by atoms with E-state index in [9.17, 15) is 0 Å². The molecule has 1 unspecified atom stereocenters. The molecule has 2 fully saturated rings. The van der Waals surface area contributed by atoms with Crippen molar-refractivity contribution in [2.24, 2.45) is 5.92 Å². The number of nitrogens with one attached hydrogen (secondary N) is 2. The Bertz CT molecular complexity index is 174. The zero-order valence-electron chi connectivity index (χ0n) is 9.80. The molecule has 3 heteroatoms. The third-order valence-electron chi connectivity index (χ3n) is 3.81. The Morgan fingerprint density at radius 2 is 2.27 bits per heavy atom. The van der Waals surface area contributed by atoms with Gasteiger partial charge in [-0.3, -0.25) is 0 Å². The van der Waals surface area contributed by atoms with E-state index in [4.69, 9.17) is 4.74 Å². The van der Waals surface area contributed by atoms with Crippen molar-refractivity contribution in [3.8, 4) is 0 Å². The van der Waals surface area contributed by atoms with Gasteiger partial charge in [-0.05, 0) is 57.7 Å². The lowest BCUT2D eigenvalue weighted by molar-refractivity contribution is 0.0174. The van der Waals surface area contributed by atoms with Gasteiger partial charge in [0.2, 0.25) is 0 Å². The van der Waals surface area contributed by atoms with Crippen LogP contribution in [0, 0.1) is 5.92 Å². The highest BCUT2D eigenvalue weighted by molar-refractivity contribution is 4.85. The number of hydrogen-bond donors (Lipinski definition) is 2. The average Bonchev–Trinajstić information content (AvgIpc) is 2.67. The normalized spacial score (nSPS) is 35.4. The van der Waals surface area contributed by atoms with Crippen LogP contribution < -0.4 is 10.6 Å². The zero-order chi connectivity index (χ0) is 10.5. The molecule has 0 radical (unpaired) electrons. The van der Waals surface area contributed by atoms with Gasteiger partial charge in [0.15, 0.2) is 0 Å². The zero-order valence-corrected chi connectivity index (χ0v) is 9.80. The third kappa shape index (κ3) is 3.44. The lowest BCUT2D eigenvalue weighted by atomic mass is 9.89. The van der Waals surface area contributed by atoms with Crippen molar-refractivity contribution in [2.45, 2.75) is 44.2 Å². The van der Waals surface area contributed by atoms with E-state index in [0.29, 0.717) is 6.10 Å². The molecule has 1 atom stereocenters. The van der Waals surface area contributed by atoms with E-state index >= 15 is 0 Å². The molecule has 2 aliphatic rings. The molecule has 0 bridgehead atoms. The van der Waals surface area contributed by atoms with Crippen molar-refractivity contribution in [3.63, 3.8) is 0 Å². The molecule has 0 amide bonds. The lowest BCUT2D eigenvalue weighted by Crippen LogP contribution is -2.45. The van der Waals surface area contributed by atoms with Crippen LogP contribution in [0.4, 0.5) is 0 Å². The van der Waals surface area contributed by atoms with Crippen molar-refractivity contribution in [2.75, 3.05) is 26.7 Å². The summed E-state index contributed by atoms with van der Waals surface area (Å²) >= 11 is 0. The van der Waals surface area contributed by atoms with Gasteiger partial charge in [0, 0.05) is 13.2 Å². The summed E-state index contributed by atoms with van der Waals surface area (Å²) in [6.45, 7) is 3.67. The average molecular weight is 212 g/mol. The smallest absolute Gasteiger partial charge is 0.0601 e. The Labute approximate surface area is 93.0 Å². The van der Waals surface area contributed by atoms with Crippen LogP contribution >= 0.6 is 0 Å². The van der Waals surface area contributed by atoms with Gasteiger partial charge in [-0.15, -0.1) is 0 Å². The van der Waals surface area contributed by atoms with E-state index in [2.05, 4.69) is 10.6 Å². The SMILES string of the molecule is COC1CC(NCCCC2CCNC2)C1. The van der Waals surface area contributed by atoms with Gasteiger partial charge in [-0.2, -0.15) is 0 Å². The summed E-state index contributed by atoms with van der Waals surface area (Å²) in [7, 11) is 1.81. The van der Waals surface area contributed by atoms with Crippen molar-refractivity contribution in [3.05, 3.63) is 0 Å². The molecule has 1 aliphatic carbocycles. The highest BCUT2D eigenvalue weighted by Crippen LogP contribution is 2.22. The summed E-state index contributed by atoms with van der Waals surface area (Å²) in [5.74, 6) is 0.944. The van der Waals surface area contributed by atoms with Gasteiger partial charge < -0.3 is 15.4 Å². The number of methoxy groups -OCH3 is 1. The highest BCUT2D eigenvalue weighted by Gasteiger charge is 2.28. The molecule has 1 heterocycles. The fourth-order valence-corrected chi connectivity index (χ4v) is 2.58. The first-order chi connectivity index (χ1) is 7.38. The lowest BCUT2D eigenvalue weighted by Gasteiger charge is -2.34. The van der Waals surface area contributed by atoms with Crippen LogP contribution in [0.15, 0.2) is 0 Å². The summed E-state index contributed by atoms with van der Waals surface area (Å²) in [6.07, 6.45) is 7.06. The van der Waals surface area contributed by atoms with Gasteiger partial charge in [-0.25, -0.2) is 0 Å². The topological polar surface area (TPSA) is 33.3 Å². The molecule has 2 rings (SSSR count). The predicted molar refractivity (Wildman–Crippen MR) is 62.0 cm³/mol. The fraction of sp³-hybridized carbons (Fsp3) is 1.00. The van der Waals surface area contributed by atoms with E-state index in [1.165, 1.54) is 51.7 Å². The molecule has 0 aromatic carbocycles. The second kappa shape index (κ2) is 5.83. The number of rotatable bonds is 6. The Morgan fingerprint density at radius 1 is 1.40 bits per heavy atom. The van der Waals surface area contributed by atoms with Crippen molar-refractivity contribution >= 4 is 0 Å². The Balaban J connectivity index is 1.42. The maximum Gasteiger partial charge on any atom is 0.0601 e. The van der Waals surface area contributed by atoms with Crippen LogP contribution in [0.1, 0.15) is 32.1 Å². The minimum absolute atomic E-state index is 0.529. The molecule has 15 heavy (non-hydrogen) atoms. The molecule has 2 N–H and O–H groups in total. The summed E-state index contributed by atoms with van der Waals surface area (Å²) in [6, 6.07) is 0.733. The van der Waals surface area contributed by atoms with E-state index in [0.717, 1.165) is 12.0 Å². The molecule has 1 saturated carbocycles. The third-order valence-corrected chi connectivity index (χ3v) is 3.81. The van der Waals surface area contributed by atoms with Gasteiger partial charge in [0.25, 0.3) is 0 Å². The molecule has 88 valence electrons. The Kier molecular flexibility index (Phi) is 4.42. The molecule has 0 spiro atoms. The van der Waals surface area contributed by atoms with Gasteiger partial charge in [0.05, 0.1) is 6.10 Å². The summed E-state index contributed by atoms with van der Waals surface area (Å²) in [5.41, 5.74) is 0. The summed E-state index contributed by atoms with van der Waals surface area (Å²) < 4.78 is 5.26. The monoisotopic (exact) mass is 212 g/mol. The standard InChI is InChI=1S/C12H24N2O/c1-15-12-7-11(8-12)14-5-2-3-10-4-6-13-9-10/h10-14H,2-9H2,1H3. The first kappa shape index (κ1) is 11.4. The Morgan fingerprint density at radius 3 is 2.93 bits per heavy atom. The first-order valence-electron chi connectivity index (χ1n) is 6.35. The second-order valence-electron chi connectivity index (χ2n) is 4.98. The maximum atomic E-state index is 5.26. The highest BCUT2D eigenvalue weighted by atomic mass is 16.5. The van der Waals surface area contributed by atoms with Crippen LogP contribution in [-0.4, -0.2) is 38.9 Å². The maximum absolute atomic E-state index is 5.26. The molecule has 0 aromatic heterocycles. The quantitative estimate of drug-likeness (QED) is 0.648. The molecule has 3 nitrogen and oxygen atoms in total. The fourth-order valence-electron chi connectivity index (χ4n) is 2.58. The second-order valence-corrected chi connectivity index (χ2v) is 4.98. The molecule has 1 saturated heterocycles. The van der Waals surface area contributed by atoms with Gasteiger partial charge in [0.1, 0.15) is 0 Å². The summed E-state index contributed by atoms with van der Waals surface area (Å²) in [4.78, 5) is 0. The predicted octanol–water partition coefficient (Wildman–Crippen LogP) is 1.14. The van der Waals surface area contributed by atoms with E-state index in [-0.39, 0.29) is 0 Å². The minimum atomic E-state index is 0.529. The van der Waals surface area contributed by atoms with Crippen molar-refractivity contribution < 1.29 is 4.74 Å². The number of ether oxygens (including phenoxy) is 1. The van der Waals surface area contributed by atoms with Crippen LogP contribution in [0.2, 0.25) is 0 Å². The van der Waals surface area contributed by atoms with Crippen LogP contribution in [0.25, 0.3) is 0 Å². The van der Waals surface area contributed by atoms with E-state index < -0.39 is 0 Å². The van der Waals surface area contributed by atoms with Crippen LogP contribution in [0.3, 0.4) is 0 Å². The largest absolute Gasteiger partial charge is 0.381 e.